The molecule has 8 heteroatoms. The number of methoxy groups -OCH3 is 1. The molecule has 108 valence electrons. The number of benzene rings is 1. The maximum atomic E-state index is 13.4. The Bertz CT molecular complexity index is 857. The van der Waals surface area contributed by atoms with Crippen LogP contribution in [-0.4, -0.2) is 27.7 Å². The van der Waals surface area contributed by atoms with E-state index in [4.69, 9.17) is 0 Å². The number of imidazole rings is 1. The molecular formula is C13H8F2N2O3S. The van der Waals surface area contributed by atoms with Gasteiger partial charge in [0, 0.05) is 18.2 Å². The molecule has 1 aromatic carbocycles. The Hall–Kier alpha value is -2.48. The van der Waals surface area contributed by atoms with Crippen LogP contribution in [0, 0.1) is 11.6 Å². The van der Waals surface area contributed by atoms with E-state index < -0.39 is 17.6 Å². The van der Waals surface area contributed by atoms with Crippen LogP contribution in [0.4, 0.5) is 8.78 Å². The van der Waals surface area contributed by atoms with E-state index in [2.05, 4.69) is 9.72 Å². The number of hydrogen-bond donors (Lipinski definition) is 1. The standard InChI is InChI=1S/C13H8F2N2O3S/c1-20-13(19)12-10(18)4-11(21-12)17-5-16-8-2-6(14)7(15)3-9(8)17/h2-5,18H,1H3. The van der Waals surface area contributed by atoms with E-state index in [0.29, 0.717) is 10.5 Å². The van der Waals surface area contributed by atoms with E-state index >= 15 is 0 Å². The maximum Gasteiger partial charge on any atom is 0.351 e. The first-order valence-electron chi connectivity index (χ1n) is 5.75. The number of aromatic nitrogens is 2. The Morgan fingerprint density at radius 1 is 1.33 bits per heavy atom. The summed E-state index contributed by atoms with van der Waals surface area (Å²) in [6, 6.07) is 3.32. The molecule has 0 saturated carbocycles. The molecule has 0 amide bonds. The van der Waals surface area contributed by atoms with Crippen molar-refractivity contribution < 1.29 is 23.4 Å². The Kier molecular flexibility index (Phi) is 3.09. The second-order valence-corrected chi connectivity index (χ2v) is 5.19. The van der Waals surface area contributed by atoms with Crippen molar-refractivity contribution in [2.45, 2.75) is 0 Å². The van der Waals surface area contributed by atoms with Gasteiger partial charge in [-0.15, -0.1) is 11.3 Å². The van der Waals surface area contributed by atoms with Gasteiger partial charge in [-0.05, 0) is 0 Å². The molecular weight excluding hydrogens is 302 g/mol. The molecule has 0 spiro atoms. The lowest BCUT2D eigenvalue weighted by Gasteiger charge is -2.00. The zero-order valence-corrected chi connectivity index (χ0v) is 11.4. The van der Waals surface area contributed by atoms with Gasteiger partial charge in [0.25, 0.3) is 0 Å². The first-order valence-corrected chi connectivity index (χ1v) is 6.56. The van der Waals surface area contributed by atoms with Gasteiger partial charge in [-0.3, -0.25) is 4.57 Å². The third kappa shape index (κ3) is 2.13. The number of carbonyl (C=O) groups excluding carboxylic acids is 1. The minimum absolute atomic E-state index is 0.0249. The summed E-state index contributed by atoms with van der Waals surface area (Å²) < 4.78 is 32.5. The molecule has 0 saturated heterocycles. The lowest BCUT2D eigenvalue weighted by Crippen LogP contribution is -1.97. The Morgan fingerprint density at radius 3 is 2.76 bits per heavy atom. The first kappa shape index (κ1) is 13.5. The Labute approximate surface area is 121 Å². The van der Waals surface area contributed by atoms with Crippen molar-refractivity contribution in [3.63, 3.8) is 0 Å². The van der Waals surface area contributed by atoms with Crippen molar-refractivity contribution in [3.8, 4) is 10.8 Å². The van der Waals surface area contributed by atoms with Crippen LogP contribution in [0.3, 0.4) is 0 Å². The van der Waals surface area contributed by atoms with Crippen LogP contribution in [0.25, 0.3) is 16.0 Å². The van der Waals surface area contributed by atoms with Crippen LogP contribution >= 0.6 is 11.3 Å². The topological polar surface area (TPSA) is 64.4 Å². The lowest BCUT2D eigenvalue weighted by atomic mass is 10.3. The monoisotopic (exact) mass is 310 g/mol. The molecule has 2 heterocycles. The van der Waals surface area contributed by atoms with Gasteiger partial charge in [-0.1, -0.05) is 0 Å². The van der Waals surface area contributed by atoms with Crippen molar-refractivity contribution in [3.05, 3.63) is 41.0 Å². The van der Waals surface area contributed by atoms with E-state index in [-0.39, 0.29) is 16.1 Å². The van der Waals surface area contributed by atoms with Crippen molar-refractivity contribution in [2.75, 3.05) is 7.11 Å². The van der Waals surface area contributed by atoms with Crippen LogP contribution in [0.2, 0.25) is 0 Å². The molecule has 0 fully saturated rings. The molecule has 3 aromatic rings. The number of halogens is 2. The van der Waals surface area contributed by atoms with E-state index in [1.165, 1.54) is 24.1 Å². The third-order valence-corrected chi connectivity index (χ3v) is 4.00. The van der Waals surface area contributed by atoms with Crippen LogP contribution in [-0.2, 0) is 4.74 Å². The minimum Gasteiger partial charge on any atom is -0.506 e. The summed E-state index contributed by atoms with van der Waals surface area (Å²) in [7, 11) is 1.20. The second-order valence-electron chi connectivity index (χ2n) is 4.16. The van der Waals surface area contributed by atoms with Gasteiger partial charge in [0.1, 0.15) is 17.1 Å². The van der Waals surface area contributed by atoms with Gasteiger partial charge in [0.2, 0.25) is 0 Å². The maximum absolute atomic E-state index is 13.4. The molecule has 2 aromatic heterocycles. The lowest BCUT2D eigenvalue weighted by molar-refractivity contribution is 0.0603. The Balaban J connectivity index is 2.17. The highest BCUT2D eigenvalue weighted by Crippen LogP contribution is 2.33. The zero-order valence-electron chi connectivity index (χ0n) is 10.6. The predicted octanol–water partition coefficient (Wildman–Crippen LogP) is 2.86. The number of thiophene rings is 1. The van der Waals surface area contributed by atoms with Gasteiger partial charge in [-0.2, -0.15) is 0 Å². The van der Waals surface area contributed by atoms with E-state index in [9.17, 15) is 18.7 Å². The predicted molar refractivity (Wildman–Crippen MR) is 71.9 cm³/mol. The quantitative estimate of drug-likeness (QED) is 0.739. The highest BCUT2D eigenvalue weighted by molar-refractivity contribution is 7.16. The van der Waals surface area contributed by atoms with Gasteiger partial charge in [0.05, 0.1) is 18.1 Å². The van der Waals surface area contributed by atoms with Gasteiger partial charge in [0.15, 0.2) is 16.5 Å². The summed E-state index contributed by atoms with van der Waals surface area (Å²) >= 11 is 0.957. The van der Waals surface area contributed by atoms with E-state index in [0.717, 1.165) is 23.5 Å². The summed E-state index contributed by atoms with van der Waals surface area (Å²) in [6.45, 7) is 0. The summed E-state index contributed by atoms with van der Waals surface area (Å²) in [6.07, 6.45) is 1.36. The van der Waals surface area contributed by atoms with Crippen LogP contribution in [0.1, 0.15) is 9.67 Å². The van der Waals surface area contributed by atoms with E-state index in [1.54, 1.807) is 0 Å². The van der Waals surface area contributed by atoms with Gasteiger partial charge >= 0.3 is 5.97 Å². The number of fused-ring (bicyclic) bond motifs is 1. The van der Waals surface area contributed by atoms with Gasteiger partial charge in [-0.25, -0.2) is 18.6 Å². The molecule has 0 atom stereocenters. The van der Waals surface area contributed by atoms with Crippen LogP contribution < -0.4 is 0 Å². The molecule has 3 rings (SSSR count). The normalized spacial score (nSPS) is 11.0. The SMILES string of the molecule is COC(=O)c1sc(-n2cnc3cc(F)c(F)cc32)cc1O. The highest BCUT2D eigenvalue weighted by atomic mass is 32.1. The number of esters is 1. The van der Waals surface area contributed by atoms with Crippen molar-refractivity contribution in [1.82, 2.24) is 9.55 Å². The summed E-state index contributed by atoms with van der Waals surface area (Å²) in [5.74, 6) is -2.91. The summed E-state index contributed by atoms with van der Waals surface area (Å²) in [4.78, 5) is 15.5. The average molecular weight is 310 g/mol. The number of carbonyl (C=O) groups is 1. The third-order valence-electron chi connectivity index (χ3n) is 2.90. The van der Waals surface area contributed by atoms with Crippen molar-refractivity contribution in [2.24, 2.45) is 0 Å². The molecule has 1 N–H and O–H groups in total. The fourth-order valence-corrected chi connectivity index (χ4v) is 2.86. The largest absolute Gasteiger partial charge is 0.506 e. The van der Waals surface area contributed by atoms with Crippen LogP contribution in [0.5, 0.6) is 5.75 Å². The Morgan fingerprint density at radius 2 is 2.05 bits per heavy atom. The number of aromatic hydroxyl groups is 1. The number of hydrogen-bond acceptors (Lipinski definition) is 5. The van der Waals surface area contributed by atoms with E-state index in [1.807, 2.05) is 0 Å². The van der Waals surface area contributed by atoms with Crippen molar-refractivity contribution >= 4 is 28.3 Å². The fourth-order valence-electron chi connectivity index (χ4n) is 1.91. The molecule has 5 nitrogen and oxygen atoms in total. The molecule has 0 radical (unpaired) electrons. The molecule has 0 aliphatic rings. The van der Waals surface area contributed by atoms with Crippen molar-refractivity contribution in [1.29, 1.82) is 0 Å². The smallest absolute Gasteiger partial charge is 0.351 e. The van der Waals surface area contributed by atoms with Gasteiger partial charge < -0.3 is 9.84 Å². The first-order chi connectivity index (χ1) is 10.0. The number of rotatable bonds is 2. The highest BCUT2D eigenvalue weighted by Gasteiger charge is 2.19. The van der Waals surface area contributed by atoms with Crippen LogP contribution in [0.15, 0.2) is 24.5 Å². The minimum atomic E-state index is -1.00. The molecule has 0 unspecified atom stereocenters. The number of ether oxygens (including phenoxy) is 1. The summed E-state index contributed by atoms with van der Waals surface area (Å²) in [5.41, 5.74) is 0.591. The molecule has 21 heavy (non-hydrogen) atoms. The zero-order chi connectivity index (χ0) is 15.1. The molecule has 0 bridgehead atoms. The average Bonchev–Trinajstić information content (AvgIpc) is 3.02. The molecule has 0 aliphatic carbocycles. The fraction of sp³-hybridized carbons (Fsp3) is 0.0769. The number of nitrogens with zero attached hydrogens (tertiary/aromatic N) is 2. The second kappa shape index (κ2) is 4.81. The molecule has 0 aliphatic heterocycles. The summed E-state index contributed by atoms with van der Waals surface area (Å²) in [5, 5.41) is 10.2.